The van der Waals surface area contributed by atoms with Gasteiger partial charge in [-0.15, -0.1) is 0 Å². The highest BCUT2D eigenvalue weighted by Gasteiger charge is 2.12. The van der Waals surface area contributed by atoms with Gasteiger partial charge in [0.1, 0.15) is 17.0 Å². The van der Waals surface area contributed by atoms with Crippen LogP contribution in [0.5, 0.6) is 0 Å². The Morgan fingerprint density at radius 2 is 2.29 bits per heavy atom. The Balaban J connectivity index is 1.70. The lowest BCUT2D eigenvalue weighted by atomic mass is 10.2. The molecular weight excluding hydrogens is 270 g/mol. The quantitative estimate of drug-likeness (QED) is 0.795. The van der Waals surface area contributed by atoms with E-state index in [1.165, 1.54) is 6.20 Å². The number of carbonyl (C=O) groups excluding carboxylic acids is 1. The molecule has 3 aromatic heterocycles. The van der Waals surface area contributed by atoms with Gasteiger partial charge in [-0.25, -0.2) is 0 Å². The summed E-state index contributed by atoms with van der Waals surface area (Å²) in [7, 11) is 0. The molecule has 0 atom stereocenters. The molecule has 0 spiro atoms. The number of carbonyl (C=O) groups is 1. The fraction of sp³-hybridized carbons (Fsp3) is 0.133. The summed E-state index contributed by atoms with van der Waals surface area (Å²) >= 11 is 0. The average Bonchev–Trinajstić information content (AvgIpc) is 3.16. The van der Waals surface area contributed by atoms with E-state index in [-0.39, 0.29) is 5.91 Å². The molecule has 0 aliphatic carbocycles. The molecule has 0 bridgehead atoms. The van der Waals surface area contributed by atoms with Gasteiger partial charge in [0.15, 0.2) is 5.76 Å². The second-order valence-corrected chi connectivity index (χ2v) is 4.50. The molecule has 0 saturated heterocycles. The number of nitrogens with zero attached hydrogens (tertiary/aromatic N) is 2. The van der Waals surface area contributed by atoms with Crippen LogP contribution < -0.4 is 5.32 Å². The van der Waals surface area contributed by atoms with Gasteiger partial charge < -0.3 is 14.3 Å². The lowest BCUT2D eigenvalue weighted by Gasteiger charge is -2.05. The average molecular weight is 283 g/mol. The van der Waals surface area contributed by atoms with Crippen LogP contribution in [0.15, 0.2) is 51.9 Å². The molecule has 6 nitrogen and oxygen atoms in total. The number of pyridine rings is 1. The molecule has 3 rings (SSSR count). The maximum absolute atomic E-state index is 12.0. The standard InChI is InChI=1S/C15H13N3O3/c1-10-12(9-18-21-10)15(19)17-8-11-4-5-16-13(7-11)14-3-2-6-20-14/h2-7,9H,8H2,1H3,(H,17,19). The lowest BCUT2D eigenvalue weighted by molar-refractivity contribution is 0.0949. The van der Waals surface area contributed by atoms with Crippen molar-refractivity contribution in [3.8, 4) is 11.5 Å². The highest BCUT2D eigenvalue weighted by Crippen LogP contribution is 2.18. The molecule has 6 heteroatoms. The minimum Gasteiger partial charge on any atom is -0.463 e. The van der Waals surface area contributed by atoms with Crippen molar-refractivity contribution in [1.29, 1.82) is 0 Å². The summed E-state index contributed by atoms with van der Waals surface area (Å²) in [5, 5.41) is 6.40. The van der Waals surface area contributed by atoms with Crippen molar-refractivity contribution in [3.63, 3.8) is 0 Å². The zero-order chi connectivity index (χ0) is 14.7. The van der Waals surface area contributed by atoms with Crippen LogP contribution in [0.3, 0.4) is 0 Å². The fourth-order valence-electron chi connectivity index (χ4n) is 1.94. The molecule has 0 aromatic carbocycles. The van der Waals surface area contributed by atoms with E-state index >= 15 is 0 Å². The third kappa shape index (κ3) is 2.84. The maximum Gasteiger partial charge on any atom is 0.256 e. The summed E-state index contributed by atoms with van der Waals surface area (Å²) in [6.45, 7) is 2.09. The van der Waals surface area contributed by atoms with E-state index in [0.717, 1.165) is 11.3 Å². The van der Waals surface area contributed by atoms with Gasteiger partial charge in [-0.05, 0) is 36.8 Å². The number of aryl methyl sites for hydroxylation is 1. The SMILES string of the molecule is Cc1oncc1C(=O)NCc1ccnc(-c2ccco2)c1. The Labute approximate surface area is 120 Å². The van der Waals surface area contributed by atoms with Crippen molar-refractivity contribution in [2.75, 3.05) is 0 Å². The van der Waals surface area contributed by atoms with E-state index < -0.39 is 0 Å². The highest BCUT2D eigenvalue weighted by molar-refractivity contribution is 5.94. The first kappa shape index (κ1) is 13.1. The number of furan rings is 1. The lowest BCUT2D eigenvalue weighted by Crippen LogP contribution is -2.23. The van der Waals surface area contributed by atoms with Gasteiger partial charge >= 0.3 is 0 Å². The molecule has 0 aliphatic rings. The molecule has 3 heterocycles. The van der Waals surface area contributed by atoms with Crippen molar-refractivity contribution in [2.24, 2.45) is 0 Å². The van der Waals surface area contributed by atoms with Gasteiger partial charge in [0.25, 0.3) is 5.91 Å². The van der Waals surface area contributed by atoms with Crippen molar-refractivity contribution in [1.82, 2.24) is 15.5 Å². The van der Waals surface area contributed by atoms with E-state index in [2.05, 4.69) is 15.5 Å². The molecule has 21 heavy (non-hydrogen) atoms. The number of amides is 1. The van der Waals surface area contributed by atoms with Crippen LogP contribution in [0.25, 0.3) is 11.5 Å². The van der Waals surface area contributed by atoms with E-state index in [9.17, 15) is 4.79 Å². The van der Waals surface area contributed by atoms with Crippen LogP contribution in [-0.4, -0.2) is 16.0 Å². The molecule has 106 valence electrons. The highest BCUT2D eigenvalue weighted by atomic mass is 16.5. The van der Waals surface area contributed by atoms with Gasteiger partial charge in [0.05, 0.1) is 12.5 Å². The number of nitrogens with one attached hydrogen (secondary N) is 1. The topological polar surface area (TPSA) is 81.2 Å². The molecule has 0 fully saturated rings. The van der Waals surface area contributed by atoms with Crippen molar-refractivity contribution < 1.29 is 13.7 Å². The first-order chi connectivity index (χ1) is 10.2. The summed E-state index contributed by atoms with van der Waals surface area (Å²) in [6.07, 6.45) is 4.69. The van der Waals surface area contributed by atoms with Crippen LogP contribution in [0.2, 0.25) is 0 Å². The van der Waals surface area contributed by atoms with Crippen molar-refractivity contribution in [3.05, 3.63) is 59.8 Å². The zero-order valence-electron chi connectivity index (χ0n) is 11.4. The van der Waals surface area contributed by atoms with Crippen LogP contribution >= 0.6 is 0 Å². The second kappa shape index (κ2) is 5.62. The number of hydrogen-bond acceptors (Lipinski definition) is 5. The minimum atomic E-state index is -0.217. The molecule has 0 unspecified atom stereocenters. The molecule has 0 radical (unpaired) electrons. The van der Waals surface area contributed by atoms with Crippen molar-refractivity contribution >= 4 is 5.91 Å². The van der Waals surface area contributed by atoms with Crippen LogP contribution in [0.1, 0.15) is 21.7 Å². The monoisotopic (exact) mass is 283 g/mol. The molecule has 1 amide bonds. The van der Waals surface area contributed by atoms with Crippen LogP contribution in [-0.2, 0) is 6.54 Å². The van der Waals surface area contributed by atoms with Gasteiger partial charge in [0, 0.05) is 12.7 Å². The largest absolute Gasteiger partial charge is 0.463 e. The van der Waals surface area contributed by atoms with E-state index in [1.54, 1.807) is 25.5 Å². The summed E-state index contributed by atoms with van der Waals surface area (Å²) in [5.74, 6) is 0.974. The Hall–Kier alpha value is -2.89. The van der Waals surface area contributed by atoms with E-state index in [4.69, 9.17) is 8.94 Å². The van der Waals surface area contributed by atoms with Gasteiger partial charge in [0.2, 0.25) is 0 Å². The number of rotatable bonds is 4. The summed E-state index contributed by atoms with van der Waals surface area (Å²) in [4.78, 5) is 16.2. The molecule has 0 aliphatic heterocycles. The fourth-order valence-corrected chi connectivity index (χ4v) is 1.94. The molecule has 0 saturated carbocycles. The Bertz CT molecular complexity index is 747. The maximum atomic E-state index is 12.0. The van der Waals surface area contributed by atoms with Gasteiger partial charge in [-0.1, -0.05) is 5.16 Å². The molecule has 3 aromatic rings. The number of aromatic nitrogens is 2. The van der Waals surface area contributed by atoms with Crippen LogP contribution in [0.4, 0.5) is 0 Å². The molecule has 1 N–H and O–H groups in total. The smallest absolute Gasteiger partial charge is 0.256 e. The predicted molar refractivity (Wildman–Crippen MR) is 74.3 cm³/mol. The first-order valence-electron chi connectivity index (χ1n) is 6.42. The Kier molecular flexibility index (Phi) is 3.51. The van der Waals surface area contributed by atoms with E-state index in [1.807, 2.05) is 18.2 Å². The third-order valence-electron chi connectivity index (χ3n) is 3.05. The van der Waals surface area contributed by atoms with Gasteiger partial charge in [-0.2, -0.15) is 0 Å². The summed E-state index contributed by atoms with van der Waals surface area (Å²) in [5.41, 5.74) is 2.10. The Morgan fingerprint density at radius 3 is 3.00 bits per heavy atom. The van der Waals surface area contributed by atoms with Crippen molar-refractivity contribution in [2.45, 2.75) is 13.5 Å². The van der Waals surface area contributed by atoms with Gasteiger partial charge in [-0.3, -0.25) is 9.78 Å². The normalized spacial score (nSPS) is 10.5. The third-order valence-corrected chi connectivity index (χ3v) is 3.05. The minimum absolute atomic E-state index is 0.217. The summed E-state index contributed by atoms with van der Waals surface area (Å²) < 4.78 is 10.2. The first-order valence-corrected chi connectivity index (χ1v) is 6.42. The summed E-state index contributed by atoms with van der Waals surface area (Å²) in [6, 6.07) is 7.36. The number of hydrogen-bond donors (Lipinski definition) is 1. The Morgan fingerprint density at radius 1 is 1.38 bits per heavy atom. The zero-order valence-corrected chi connectivity index (χ0v) is 11.4. The molecular formula is C15H13N3O3. The van der Waals surface area contributed by atoms with Crippen LogP contribution in [0, 0.1) is 6.92 Å². The second-order valence-electron chi connectivity index (χ2n) is 4.50. The predicted octanol–water partition coefficient (Wildman–Crippen LogP) is 2.57. The van der Waals surface area contributed by atoms with E-state index in [0.29, 0.717) is 23.6 Å².